The number of methoxy groups -OCH3 is 1. The van der Waals surface area contributed by atoms with E-state index in [-0.39, 0.29) is 29.3 Å². The highest BCUT2D eigenvalue weighted by molar-refractivity contribution is 6.02. The van der Waals surface area contributed by atoms with Crippen LogP contribution in [0.3, 0.4) is 0 Å². The Morgan fingerprint density at radius 2 is 1.60 bits per heavy atom. The zero-order valence-electron chi connectivity index (χ0n) is 28.4. The van der Waals surface area contributed by atoms with Crippen LogP contribution in [0.1, 0.15) is 48.4 Å². The fraction of sp³-hybridized carbons (Fsp3) is 0.293. The second-order valence-electron chi connectivity index (χ2n) is 13.3. The molecule has 0 spiro atoms. The van der Waals surface area contributed by atoms with Gasteiger partial charge >= 0.3 is 11.9 Å². The summed E-state index contributed by atoms with van der Waals surface area (Å²) in [6, 6.07) is 23.5. The lowest BCUT2D eigenvalue weighted by molar-refractivity contribution is -0.148. The van der Waals surface area contributed by atoms with Gasteiger partial charge in [-0.3, -0.25) is 9.69 Å². The van der Waals surface area contributed by atoms with Gasteiger partial charge in [-0.2, -0.15) is 0 Å². The number of hydrogen-bond acceptors (Lipinski definition) is 6. The van der Waals surface area contributed by atoms with Crippen LogP contribution in [0.15, 0.2) is 97.1 Å². The van der Waals surface area contributed by atoms with Gasteiger partial charge in [0.05, 0.1) is 7.11 Å². The van der Waals surface area contributed by atoms with Crippen LogP contribution in [0, 0.1) is 29.4 Å². The minimum absolute atomic E-state index is 0.0479. The summed E-state index contributed by atoms with van der Waals surface area (Å²) >= 11 is 0. The van der Waals surface area contributed by atoms with Crippen molar-refractivity contribution in [2.45, 2.75) is 38.3 Å². The summed E-state index contributed by atoms with van der Waals surface area (Å²) in [5.74, 6) is -3.24. The van der Waals surface area contributed by atoms with Gasteiger partial charge in [-0.1, -0.05) is 61.0 Å². The lowest BCUT2D eigenvalue weighted by Crippen LogP contribution is -2.44. The van der Waals surface area contributed by atoms with E-state index in [9.17, 15) is 14.4 Å². The fourth-order valence-electron chi connectivity index (χ4n) is 7.25. The molecular formula is C41H40F2N2O5. The van der Waals surface area contributed by atoms with Crippen molar-refractivity contribution in [1.82, 2.24) is 0 Å². The summed E-state index contributed by atoms with van der Waals surface area (Å²) in [6.45, 7) is -0.111. The molecule has 258 valence electrons. The molecule has 2 bridgehead atoms. The first kappa shape index (κ1) is 34.5. The third kappa shape index (κ3) is 7.62. The molecule has 9 heteroatoms. The largest absolute Gasteiger partial charge is 0.466 e. The maximum Gasteiger partial charge on any atom is 0.334 e. The molecule has 2 aliphatic rings. The average molecular weight is 679 g/mol. The number of esters is 2. The molecule has 0 radical (unpaired) electrons. The van der Waals surface area contributed by atoms with E-state index in [0.717, 1.165) is 42.7 Å². The van der Waals surface area contributed by atoms with Crippen molar-refractivity contribution in [1.29, 1.82) is 0 Å². The molecule has 2 aliphatic carbocycles. The van der Waals surface area contributed by atoms with Crippen molar-refractivity contribution in [3.05, 3.63) is 125 Å². The van der Waals surface area contributed by atoms with Crippen LogP contribution in [0.5, 0.6) is 0 Å². The van der Waals surface area contributed by atoms with Gasteiger partial charge < -0.3 is 14.4 Å². The quantitative estimate of drug-likeness (QED) is 0.118. The summed E-state index contributed by atoms with van der Waals surface area (Å²) in [4.78, 5) is 44.0. The second-order valence-corrected chi connectivity index (χ2v) is 13.3. The van der Waals surface area contributed by atoms with Crippen LogP contribution in [-0.2, 0) is 30.5 Å². The van der Waals surface area contributed by atoms with Gasteiger partial charge in [0, 0.05) is 43.0 Å². The predicted octanol–water partition coefficient (Wildman–Crippen LogP) is 8.14. The van der Waals surface area contributed by atoms with Crippen molar-refractivity contribution in [3.8, 4) is 11.1 Å². The van der Waals surface area contributed by atoms with Crippen molar-refractivity contribution >= 4 is 35.3 Å². The standard InChI is InChI=1S/C41H40F2N2O5/c1-44(2)33-15-12-29(13-16-33)30-14-17-35(37(43)23-30)39(41(48)50-25-26-7-5-4-6-8-26)45(40(47)36-22-27-9-11-31(36)19-27)34-21-28(20-32(42)24-34)10-18-38(46)49-3/h4-8,10,12-18,20-21,23-24,27,31,36,39H,9,11,19,22,25H2,1-3H3/b18-10+/t27?,31?,36?,39-/m0/s1. The van der Waals surface area contributed by atoms with Crippen LogP contribution >= 0.6 is 0 Å². The van der Waals surface area contributed by atoms with Crippen molar-refractivity contribution in [2.24, 2.45) is 17.8 Å². The number of anilines is 2. The molecule has 3 unspecified atom stereocenters. The van der Waals surface area contributed by atoms with Gasteiger partial charge in [-0.05, 0) is 95.8 Å². The highest BCUT2D eigenvalue weighted by atomic mass is 19.1. The van der Waals surface area contributed by atoms with Crippen LogP contribution < -0.4 is 9.80 Å². The van der Waals surface area contributed by atoms with E-state index in [4.69, 9.17) is 4.74 Å². The Balaban J connectivity index is 1.46. The first-order valence-corrected chi connectivity index (χ1v) is 16.8. The van der Waals surface area contributed by atoms with Crippen molar-refractivity contribution < 1.29 is 32.6 Å². The van der Waals surface area contributed by atoms with Crippen molar-refractivity contribution in [3.63, 3.8) is 0 Å². The Bertz CT molecular complexity index is 1890. The van der Waals surface area contributed by atoms with Gasteiger partial charge in [-0.15, -0.1) is 0 Å². The molecular weight excluding hydrogens is 638 g/mol. The molecule has 4 aromatic rings. The molecule has 0 N–H and O–H groups in total. The molecule has 7 nitrogen and oxygen atoms in total. The molecule has 4 aromatic carbocycles. The molecule has 0 aliphatic heterocycles. The Labute approximate surface area is 291 Å². The summed E-state index contributed by atoms with van der Waals surface area (Å²) in [5.41, 5.74) is 3.27. The number of halogens is 2. The van der Waals surface area contributed by atoms with E-state index in [1.165, 1.54) is 42.4 Å². The van der Waals surface area contributed by atoms with Crippen molar-refractivity contribution in [2.75, 3.05) is 31.0 Å². The molecule has 2 fully saturated rings. The Kier molecular flexibility index (Phi) is 10.4. The zero-order chi connectivity index (χ0) is 35.4. The zero-order valence-corrected chi connectivity index (χ0v) is 28.4. The van der Waals surface area contributed by atoms with Crippen LogP contribution in [0.2, 0.25) is 0 Å². The van der Waals surface area contributed by atoms with E-state index in [1.54, 1.807) is 18.2 Å². The van der Waals surface area contributed by atoms with Gasteiger partial charge in [0.2, 0.25) is 5.91 Å². The average Bonchev–Trinajstić information content (AvgIpc) is 3.76. The first-order chi connectivity index (χ1) is 24.1. The number of carbonyl (C=O) groups is 3. The number of carbonyl (C=O) groups excluding carboxylic acids is 3. The number of benzene rings is 4. The van der Waals surface area contributed by atoms with Gasteiger partial charge in [0.15, 0.2) is 6.04 Å². The minimum atomic E-state index is -1.57. The lowest BCUT2D eigenvalue weighted by Gasteiger charge is -2.35. The number of nitrogens with zero attached hydrogens (tertiary/aromatic N) is 2. The summed E-state index contributed by atoms with van der Waals surface area (Å²) in [7, 11) is 5.09. The van der Waals surface area contributed by atoms with E-state index in [1.807, 2.05) is 61.5 Å². The van der Waals surface area contributed by atoms with E-state index >= 15 is 8.78 Å². The van der Waals surface area contributed by atoms with Gasteiger partial charge in [0.1, 0.15) is 18.2 Å². The predicted molar refractivity (Wildman–Crippen MR) is 189 cm³/mol. The van der Waals surface area contributed by atoms with E-state index in [0.29, 0.717) is 23.5 Å². The number of rotatable bonds is 11. The number of fused-ring (bicyclic) bond motifs is 2. The monoisotopic (exact) mass is 678 g/mol. The second kappa shape index (κ2) is 15.1. The van der Waals surface area contributed by atoms with Gasteiger partial charge in [0.25, 0.3) is 0 Å². The molecule has 50 heavy (non-hydrogen) atoms. The van der Waals surface area contributed by atoms with Crippen LogP contribution in [0.25, 0.3) is 17.2 Å². The number of hydrogen-bond donors (Lipinski definition) is 0. The Morgan fingerprint density at radius 1 is 0.860 bits per heavy atom. The number of ether oxygens (including phenoxy) is 2. The summed E-state index contributed by atoms with van der Waals surface area (Å²) in [5, 5.41) is 0. The third-order valence-corrected chi connectivity index (χ3v) is 9.81. The number of amides is 1. The molecule has 1 amide bonds. The topological polar surface area (TPSA) is 76.1 Å². The Morgan fingerprint density at radius 3 is 2.24 bits per heavy atom. The maximum absolute atomic E-state index is 16.5. The van der Waals surface area contributed by atoms with Gasteiger partial charge in [-0.25, -0.2) is 18.4 Å². The molecule has 4 atom stereocenters. The molecule has 0 aromatic heterocycles. The lowest BCUT2D eigenvalue weighted by atomic mass is 9.86. The SMILES string of the molecule is COC(=O)/C=C/c1cc(F)cc(N(C(=O)C2CC3CCC2C3)[C@H](C(=O)OCc2ccccc2)c2ccc(-c3ccc(N(C)C)cc3)cc2F)c1. The molecule has 6 rings (SSSR count). The molecule has 2 saturated carbocycles. The van der Waals surface area contributed by atoms with Crippen LogP contribution in [-0.4, -0.2) is 39.1 Å². The maximum atomic E-state index is 16.5. The minimum Gasteiger partial charge on any atom is -0.466 e. The van der Waals surface area contributed by atoms with E-state index in [2.05, 4.69) is 4.74 Å². The van der Waals surface area contributed by atoms with E-state index < -0.39 is 41.4 Å². The fourth-order valence-corrected chi connectivity index (χ4v) is 7.25. The van der Waals surface area contributed by atoms with Crippen LogP contribution in [0.4, 0.5) is 20.2 Å². The smallest absolute Gasteiger partial charge is 0.334 e. The summed E-state index contributed by atoms with van der Waals surface area (Å²) < 4.78 is 42.3. The normalized spacial score (nSPS) is 18.5. The summed E-state index contributed by atoms with van der Waals surface area (Å²) in [6.07, 6.45) is 5.95. The highest BCUT2D eigenvalue weighted by Gasteiger charge is 2.47. The Hall–Kier alpha value is -5.31. The molecule has 0 heterocycles. The third-order valence-electron chi connectivity index (χ3n) is 9.81. The highest BCUT2D eigenvalue weighted by Crippen LogP contribution is 2.50. The first-order valence-electron chi connectivity index (χ1n) is 16.8. The molecule has 0 saturated heterocycles.